The molecule has 0 saturated carbocycles. The number of rotatable bonds is 3. The summed E-state index contributed by atoms with van der Waals surface area (Å²) in [6, 6.07) is 0. The van der Waals surface area contributed by atoms with E-state index >= 15 is 0 Å². The van der Waals surface area contributed by atoms with Crippen LogP contribution in [0.25, 0.3) is 0 Å². The lowest BCUT2D eigenvalue weighted by Gasteiger charge is -2.26. The third-order valence-electron chi connectivity index (χ3n) is 3.19. The molecule has 1 saturated heterocycles. The third kappa shape index (κ3) is 2.29. The van der Waals surface area contributed by atoms with Gasteiger partial charge in [-0.05, 0) is 12.2 Å². The van der Waals surface area contributed by atoms with E-state index in [1.54, 1.807) is 0 Å². The number of aliphatic hydroxyl groups is 2. The zero-order valence-electron chi connectivity index (χ0n) is 10.3. The summed E-state index contributed by atoms with van der Waals surface area (Å²) in [7, 11) is 0. The highest BCUT2D eigenvalue weighted by atomic mass is 32.1. The van der Waals surface area contributed by atoms with Gasteiger partial charge in [0, 0.05) is 6.20 Å². The Labute approximate surface area is 120 Å². The van der Waals surface area contributed by atoms with Crippen molar-refractivity contribution in [3.05, 3.63) is 16.8 Å². The second kappa shape index (κ2) is 5.16. The molecule has 2 heterocycles. The first-order chi connectivity index (χ1) is 9.69. The molecule has 21 heavy (non-hydrogen) atoms. The van der Waals surface area contributed by atoms with E-state index in [0.29, 0.717) is 10.8 Å². The van der Waals surface area contributed by atoms with Crippen LogP contribution in [0.2, 0.25) is 0 Å². The van der Waals surface area contributed by atoms with Crippen LogP contribution in [0.1, 0.15) is 6.23 Å². The summed E-state index contributed by atoms with van der Waals surface area (Å²) in [5.74, 6) is -4.98. The molecule has 0 spiro atoms. The van der Waals surface area contributed by atoms with E-state index in [9.17, 15) is 22.7 Å². The SMILES string of the molecule is Nc1nc(=S)n([C@@H]2O[C@](F)(CO)C(O)[C@]2(F)CF)cc1F. The van der Waals surface area contributed by atoms with Crippen LogP contribution < -0.4 is 5.73 Å². The standard InChI is InChI=1S/C10H11F4N3O3S/c11-2-9(13)6(19)10(14,3-18)20-7(9)17-1-4(12)5(15)16-8(17)21/h1,6-7,18-19H,2-3H2,(H2,15,16,21)/t6?,7-,9-,10-/m1/s1. The van der Waals surface area contributed by atoms with Crippen molar-refractivity contribution in [2.24, 2.45) is 0 Å². The second-order valence-corrected chi connectivity index (χ2v) is 4.91. The first-order valence-corrected chi connectivity index (χ1v) is 6.05. The van der Waals surface area contributed by atoms with Crippen LogP contribution in [0.4, 0.5) is 23.4 Å². The summed E-state index contributed by atoms with van der Waals surface area (Å²) in [6.07, 6.45) is -4.26. The van der Waals surface area contributed by atoms with Crippen molar-refractivity contribution < 1.29 is 32.5 Å². The molecule has 1 unspecified atom stereocenters. The Morgan fingerprint density at radius 3 is 2.67 bits per heavy atom. The molecule has 0 radical (unpaired) electrons. The second-order valence-electron chi connectivity index (χ2n) is 4.54. The monoisotopic (exact) mass is 329 g/mol. The number of aromatic nitrogens is 2. The summed E-state index contributed by atoms with van der Waals surface area (Å²) in [5.41, 5.74) is 1.87. The molecule has 1 fully saturated rings. The Balaban J connectivity index is 2.58. The number of halogens is 4. The molecular formula is C10H11F4N3O3S. The third-order valence-corrected chi connectivity index (χ3v) is 3.49. The predicted octanol–water partition coefficient (Wildman–Crippen LogP) is 0.559. The van der Waals surface area contributed by atoms with Gasteiger partial charge >= 0.3 is 0 Å². The average molecular weight is 329 g/mol. The van der Waals surface area contributed by atoms with E-state index in [1.165, 1.54) is 0 Å². The molecule has 0 amide bonds. The van der Waals surface area contributed by atoms with Gasteiger partial charge in [0.2, 0.25) is 10.4 Å². The van der Waals surface area contributed by atoms with Gasteiger partial charge in [0.15, 0.2) is 24.0 Å². The Bertz CT molecular complexity index is 618. The van der Waals surface area contributed by atoms with Crippen molar-refractivity contribution in [1.29, 1.82) is 0 Å². The predicted molar refractivity (Wildman–Crippen MR) is 64.3 cm³/mol. The Morgan fingerprint density at radius 1 is 1.52 bits per heavy atom. The molecule has 0 aliphatic carbocycles. The number of hydrogen-bond acceptors (Lipinski definition) is 6. The van der Waals surface area contributed by atoms with Crippen LogP contribution >= 0.6 is 12.2 Å². The number of alkyl halides is 3. The van der Waals surface area contributed by atoms with Gasteiger partial charge < -0.3 is 20.7 Å². The van der Waals surface area contributed by atoms with Crippen molar-refractivity contribution in [1.82, 2.24) is 9.55 Å². The Hall–Kier alpha value is -1.30. The summed E-state index contributed by atoms with van der Waals surface area (Å²) in [4.78, 5) is 3.36. The van der Waals surface area contributed by atoms with Crippen molar-refractivity contribution in [3.8, 4) is 0 Å². The highest BCUT2D eigenvalue weighted by molar-refractivity contribution is 7.71. The molecule has 1 aliphatic heterocycles. The molecule has 118 valence electrons. The molecule has 1 aromatic rings. The van der Waals surface area contributed by atoms with E-state index < -0.39 is 53.5 Å². The van der Waals surface area contributed by atoms with E-state index in [1.807, 2.05) is 0 Å². The highest BCUT2D eigenvalue weighted by Crippen LogP contribution is 2.48. The lowest BCUT2D eigenvalue weighted by Crippen LogP contribution is -2.49. The molecule has 2 rings (SSSR count). The molecule has 1 aliphatic rings. The number of nitrogens with two attached hydrogens (primary N) is 1. The van der Waals surface area contributed by atoms with Crippen LogP contribution in [-0.2, 0) is 4.74 Å². The van der Waals surface area contributed by atoms with Gasteiger partial charge in [-0.15, -0.1) is 0 Å². The van der Waals surface area contributed by atoms with Gasteiger partial charge in [-0.25, -0.2) is 17.6 Å². The maximum atomic E-state index is 14.5. The van der Waals surface area contributed by atoms with Gasteiger partial charge in [0.1, 0.15) is 13.3 Å². The van der Waals surface area contributed by atoms with E-state index in [-0.39, 0.29) is 0 Å². The van der Waals surface area contributed by atoms with Gasteiger partial charge in [0.05, 0.1) is 0 Å². The normalized spacial score (nSPS) is 36.1. The lowest BCUT2D eigenvalue weighted by atomic mass is 9.96. The fourth-order valence-corrected chi connectivity index (χ4v) is 2.26. The van der Waals surface area contributed by atoms with Crippen LogP contribution in [-0.4, -0.2) is 50.7 Å². The fourth-order valence-electron chi connectivity index (χ4n) is 2.02. The largest absolute Gasteiger partial charge is 0.390 e. The van der Waals surface area contributed by atoms with Gasteiger partial charge in [-0.2, -0.15) is 4.98 Å². The fraction of sp³-hybridized carbons (Fsp3) is 0.600. The Kier molecular flexibility index (Phi) is 3.95. The smallest absolute Gasteiger partial charge is 0.264 e. The molecule has 11 heteroatoms. The van der Waals surface area contributed by atoms with E-state index in [2.05, 4.69) is 9.72 Å². The number of aliphatic hydroxyl groups excluding tert-OH is 2. The number of nitrogen functional groups attached to an aromatic ring is 1. The zero-order valence-corrected chi connectivity index (χ0v) is 11.2. The van der Waals surface area contributed by atoms with Gasteiger partial charge in [0.25, 0.3) is 5.85 Å². The Morgan fingerprint density at radius 2 is 2.14 bits per heavy atom. The van der Waals surface area contributed by atoms with Crippen LogP contribution in [0.3, 0.4) is 0 Å². The summed E-state index contributed by atoms with van der Waals surface area (Å²) >= 11 is 4.71. The van der Waals surface area contributed by atoms with Crippen LogP contribution in [0, 0.1) is 10.6 Å². The maximum absolute atomic E-state index is 14.5. The zero-order chi connectivity index (χ0) is 16.0. The number of ether oxygens (including phenoxy) is 1. The number of hydrogen-bond donors (Lipinski definition) is 3. The molecule has 0 aromatic carbocycles. The number of anilines is 1. The minimum Gasteiger partial charge on any atom is -0.390 e. The summed E-state index contributed by atoms with van der Waals surface area (Å²) < 4.78 is 59.5. The molecule has 1 aromatic heterocycles. The van der Waals surface area contributed by atoms with Crippen molar-refractivity contribution in [3.63, 3.8) is 0 Å². The minimum absolute atomic E-state index is 0.487. The molecular weight excluding hydrogens is 318 g/mol. The van der Waals surface area contributed by atoms with Crippen LogP contribution in [0.5, 0.6) is 0 Å². The van der Waals surface area contributed by atoms with Gasteiger partial charge in [-0.3, -0.25) is 4.57 Å². The first kappa shape index (κ1) is 16.1. The molecule has 6 nitrogen and oxygen atoms in total. The van der Waals surface area contributed by atoms with Crippen molar-refractivity contribution in [2.45, 2.75) is 23.9 Å². The van der Waals surface area contributed by atoms with Gasteiger partial charge in [-0.1, -0.05) is 0 Å². The lowest BCUT2D eigenvalue weighted by molar-refractivity contribution is -0.207. The molecule has 4 N–H and O–H groups in total. The number of nitrogens with zero attached hydrogens (tertiary/aromatic N) is 2. The van der Waals surface area contributed by atoms with Crippen molar-refractivity contribution in [2.75, 3.05) is 19.0 Å². The van der Waals surface area contributed by atoms with Crippen LogP contribution in [0.15, 0.2) is 6.20 Å². The maximum Gasteiger partial charge on any atom is 0.264 e. The highest BCUT2D eigenvalue weighted by Gasteiger charge is 2.66. The quantitative estimate of drug-likeness (QED) is 0.554. The first-order valence-electron chi connectivity index (χ1n) is 5.64. The van der Waals surface area contributed by atoms with E-state index in [0.717, 1.165) is 0 Å². The van der Waals surface area contributed by atoms with Crippen molar-refractivity contribution >= 4 is 18.0 Å². The minimum atomic E-state index is -3.29. The molecule has 0 bridgehead atoms. The van der Waals surface area contributed by atoms with E-state index in [4.69, 9.17) is 23.1 Å². The summed E-state index contributed by atoms with van der Waals surface area (Å²) in [6.45, 7) is -3.30. The summed E-state index contributed by atoms with van der Waals surface area (Å²) in [5, 5.41) is 18.4. The topological polar surface area (TPSA) is 93.5 Å². The molecule has 4 atom stereocenters. The average Bonchev–Trinajstić information content (AvgIpc) is 2.66.